The Morgan fingerprint density at radius 2 is 1.83 bits per heavy atom. The van der Waals surface area contributed by atoms with Crippen LogP contribution < -0.4 is 5.32 Å². The van der Waals surface area contributed by atoms with Crippen LogP contribution >= 0.6 is 0 Å². The molecule has 29 heavy (non-hydrogen) atoms. The molecule has 0 spiro atoms. The number of urea groups is 1. The number of nitro benzene ring substituents is 1. The molecule has 8 nitrogen and oxygen atoms in total. The Morgan fingerprint density at radius 3 is 2.45 bits per heavy atom. The number of nitrogens with zero attached hydrogens (tertiary/aromatic N) is 2. The van der Waals surface area contributed by atoms with Crippen LogP contribution in [0.3, 0.4) is 0 Å². The maximum atomic E-state index is 12.8. The molecule has 0 unspecified atom stereocenters. The monoisotopic (exact) mass is 395 g/mol. The van der Waals surface area contributed by atoms with E-state index >= 15 is 0 Å². The summed E-state index contributed by atoms with van der Waals surface area (Å²) in [5.41, 5.74) is 2.31. The number of carbonyl (C=O) groups is 2. The van der Waals surface area contributed by atoms with Crippen molar-refractivity contribution in [1.82, 2.24) is 10.2 Å². The van der Waals surface area contributed by atoms with Gasteiger partial charge >= 0.3 is 12.0 Å². The molecule has 0 saturated carbocycles. The van der Waals surface area contributed by atoms with Crippen LogP contribution in [0.5, 0.6) is 0 Å². The summed E-state index contributed by atoms with van der Waals surface area (Å²) in [5, 5.41) is 13.6. The van der Waals surface area contributed by atoms with Gasteiger partial charge in [-0.15, -0.1) is 0 Å². The average Bonchev–Trinajstić information content (AvgIpc) is 2.72. The quantitative estimate of drug-likeness (QED) is 0.459. The molecule has 8 heteroatoms. The number of rotatable bonds is 6. The molecule has 0 aromatic heterocycles. The van der Waals surface area contributed by atoms with Crippen molar-refractivity contribution >= 4 is 17.7 Å². The summed E-state index contributed by atoms with van der Waals surface area (Å²) in [5.74, 6) is -0.534. The van der Waals surface area contributed by atoms with Gasteiger partial charge in [0.05, 0.1) is 23.1 Å². The first-order valence-electron chi connectivity index (χ1n) is 9.09. The van der Waals surface area contributed by atoms with Crippen molar-refractivity contribution in [2.75, 3.05) is 13.7 Å². The average molecular weight is 395 g/mol. The second-order valence-electron chi connectivity index (χ2n) is 6.66. The molecule has 2 aromatic rings. The summed E-state index contributed by atoms with van der Waals surface area (Å²) in [6.07, 6.45) is 0.573. The van der Waals surface area contributed by atoms with Crippen LogP contribution in [0.2, 0.25) is 0 Å². The highest BCUT2D eigenvalue weighted by atomic mass is 16.6. The van der Waals surface area contributed by atoms with Crippen molar-refractivity contribution in [1.29, 1.82) is 0 Å². The summed E-state index contributed by atoms with van der Waals surface area (Å²) >= 11 is 0. The lowest BCUT2D eigenvalue weighted by atomic mass is 9.95. The number of amides is 2. The zero-order chi connectivity index (χ0) is 21.0. The normalized spacial score (nSPS) is 16.4. The molecule has 2 aromatic carbocycles. The van der Waals surface area contributed by atoms with Crippen molar-refractivity contribution in [3.05, 3.63) is 87.1 Å². The summed E-state index contributed by atoms with van der Waals surface area (Å²) in [4.78, 5) is 36.8. The van der Waals surface area contributed by atoms with Crippen LogP contribution in [0.1, 0.15) is 24.1 Å². The lowest BCUT2D eigenvalue weighted by Gasteiger charge is -2.33. The minimum Gasteiger partial charge on any atom is -0.462 e. The van der Waals surface area contributed by atoms with Gasteiger partial charge in [0.25, 0.3) is 5.69 Å². The van der Waals surface area contributed by atoms with Gasteiger partial charge in [0.15, 0.2) is 0 Å². The Hall–Kier alpha value is -3.68. The molecule has 0 radical (unpaired) electrons. The van der Waals surface area contributed by atoms with Gasteiger partial charge < -0.3 is 15.0 Å². The molecule has 1 aliphatic heterocycles. The van der Waals surface area contributed by atoms with Gasteiger partial charge in [0.1, 0.15) is 0 Å². The number of nitrogens with one attached hydrogen (secondary N) is 1. The third-order valence-corrected chi connectivity index (χ3v) is 4.88. The second kappa shape index (κ2) is 8.55. The van der Waals surface area contributed by atoms with Gasteiger partial charge in [-0.2, -0.15) is 0 Å². The Labute approximate surface area is 167 Å². The topological polar surface area (TPSA) is 102 Å². The van der Waals surface area contributed by atoms with Crippen LogP contribution in [0, 0.1) is 10.1 Å². The number of benzene rings is 2. The van der Waals surface area contributed by atoms with Crippen molar-refractivity contribution in [2.45, 2.75) is 19.4 Å². The molecule has 0 aliphatic carbocycles. The van der Waals surface area contributed by atoms with Crippen LogP contribution in [0.4, 0.5) is 10.5 Å². The number of hydrogen-bond acceptors (Lipinski definition) is 5. The minimum atomic E-state index is -0.747. The van der Waals surface area contributed by atoms with Crippen LogP contribution in [-0.4, -0.2) is 35.5 Å². The predicted octanol–water partition coefficient (Wildman–Crippen LogP) is 3.35. The largest absolute Gasteiger partial charge is 0.462 e. The molecule has 150 valence electrons. The van der Waals surface area contributed by atoms with Gasteiger partial charge in [-0.25, -0.2) is 9.59 Å². The smallest absolute Gasteiger partial charge is 0.338 e. The number of allylic oxidation sites excluding steroid dienone is 1. The van der Waals surface area contributed by atoms with E-state index < -0.39 is 16.9 Å². The number of hydrogen-bond donors (Lipinski definition) is 1. The lowest BCUT2D eigenvalue weighted by molar-refractivity contribution is -0.384. The molecule has 1 aliphatic rings. The molecular formula is C21H21N3O5. The molecule has 1 N–H and O–H groups in total. The molecule has 0 bridgehead atoms. The van der Waals surface area contributed by atoms with Crippen LogP contribution in [0.25, 0.3) is 0 Å². The summed E-state index contributed by atoms with van der Waals surface area (Å²) < 4.78 is 5.47. The fourth-order valence-corrected chi connectivity index (χ4v) is 3.12. The Bertz CT molecular complexity index is 954. The van der Waals surface area contributed by atoms with Crippen molar-refractivity contribution in [2.24, 2.45) is 0 Å². The maximum Gasteiger partial charge on any atom is 0.338 e. The highest BCUT2D eigenvalue weighted by Gasteiger charge is 2.35. The van der Waals surface area contributed by atoms with Crippen molar-refractivity contribution in [3.63, 3.8) is 0 Å². The van der Waals surface area contributed by atoms with E-state index in [4.69, 9.17) is 4.74 Å². The van der Waals surface area contributed by atoms with E-state index in [1.54, 1.807) is 14.0 Å². The van der Waals surface area contributed by atoms with Gasteiger partial charge in [-0.05, 0) is 30.2 Å². The van der Waals surface area contributed by atoms with Gasteiger partial charge in [-0.1, -0.05) is 30.3 Å². The Kier molecular flexibility index (Phi) is 5.92. The van der Waals surface area contributed by atoms with Gasteiger partial charge in [-0.3, -0.25) is 10.1 Å². The highest BCUT2D eigenvalue weighted by Crippen LogP contribution is 2.31. The molecule has 0 saturated heterocycles. The molecule has 3 rings (SSSR count). The van der Waals surface area contributed by atoms with E-state index in [9.17, 15) is 19.7 Å². The molecule has 2 amide bonds. The van der Waals surface area contributed by atoms with E-state index in [1.807, 2.05) is 30.3 Å². The molecule has 0 fully saturated rings. The first-order chi connectivity index (χ1) is 13.9. The highest BCUT2D eigenvalue weighted by molar-refractivity contribution is 5.95. The standard InChI is InChI=1S/C21H21N3O5/c1-14-18(20(25)29-13-12-15-6-4-3-5-7-15)19(22-21(26)23(14)2)16-8-10-17(11-9-16)24(27)28/h3-11,19H,12-13H2,1-2H3,(H,22,26)/t19-/m1/s1. The Balaban J connectivity index is 1.82. The number of esters is 1. The first kappa shape index (κ1) is 20.1. The molecular weight excluding hydrogens is 374 g/mol. The van der Waals surface area contributed by atoms with Gasteiger partial charge in [0.2, 0.25) is 0 Å². The second-order valence-corrected chi connectivity index (χ2v) is 6.66. The maximum absolute atomic E-state index is 12.8. The first-order valence-corrected chi connectivity index (χ1v) is 9.09. The number of carbonyl (C=O) groups excluding carboxylic acids is 2. The van der Waals surface area contributed by atoms with E-state index in [1.165, 1.54) is 29.2 Å². The third-order valence-electron chi connectivity index (χ3n) is 4.88. The van der Waals surface area contributed by atoms with E-state index in [-0.39, 0.29) is 18.3 Å². The van der Waals surface area contributed by atoms with Gasteiger partial charge in [0, 0.05) is 31.3 Å². The van der Waals surface area contributed by atoms with Crippen molar-refractivity contribution in [3.8, 4) is 0 Å². The number of non-ortho nitro benzene ring substituents is 1. The van der Waals surface area contributed by atoms with E-state index in [0.29, 0.717) is 23.3 Å². The van der Waals surface area contributed by atoms with Crippen molar-refractivity contribution < 1.29 is 19.2 Å². The number of nitro groups is 1. The summed E-state index contributed by atoms with van der Waals surface area (Å²) in [6.45, 7) is 1.87. The van der Waals surface area contributed by atoms with Crippen LogP contribution in [0.15, 0.2) is 65.9 Å². The molecule has 1 atom stereocenters. The lowest BCUT2D eigenvalue weighted by Crippen LogP contribution is -2.46. The SMILES string of the molecule is CC1=C(C(=O)OCCc2ccccc2)[C@@H](c2ccc([N+](=O)[O-])cc2)NC(=O)N1C. The third kappa shape index (κ3) is 4.43. The van der Waals surface area contributed by atoms with E-state index in [2.05, 4.69) is 5.32 Å². The van der Waals surface area contributed by atoms with E-state index in [0.717, 1.165) is 5.56 Å². The fraction of sp³-hybridized carbons (Fsp3) is 0.238. The minimum absolute atomic E-state index is 0.0688. The number of ether oxygens (including phenoxy) is 1. The zero-order valence-electron chi connectivity index (χ0n) is 16.1. The Morgan fingerprint density at radius 1 is 1.17 bits per heavy atom. The fourth-order valence-electron chi connectivity index (χ4n) is 3.12. The predicted molar refractivity (Wildman–Crippen MR) is 106 cm³/mol. The zero-order valence-corrected chi connectivity index (χ0v) is 16.1. The summed E-state index contributed by atoms with van der Waals surface area (Å²) in [7, 11) is 1.56. The summed E-state index contributed by atoms with van der Waals surface area (Å²) in [6, 6.07) is 14.3. The van der Waals surface area contributed by atoms with Crippen LogP contribution in [-0.2, 0) is 16.0 Å². The molecule has 1 heterocycles.